The lowest BCUT2D eigenvalue weighted by molar-refractivity contribution is 0.270. The van der Waals surface area contributed by atoms with Gasteiger partial charge in [0.1, 0.15) is 0 Å². The molecule has 0 bridgehead atoms. The van der Waals surface area contributed by atoms with Gasteiger partial charge in [-0.25, -0.2) is 0 Å². The van der Waals surface area contributed by atoms with Crippen LogP contribution >= 0.6 is 0 Å². The van der Waals surface area contributed by atoms with Gasteiger partial charge in [-0.3, -0.25) is 0 Å². The van der Waals surface area contributed by atoms with E-state index in [2.05, 4.69) is 48.3 Å². The first-order valence-corrected chi connectivity index (χ1v) is 7.76. The lowest BCUT2D eigenvalue weighted by Crippen LogP contribution is -2.36. The smallest absolute Gasteiger partial charge is 0.228 e. The van der Waals surface area contributed by atoms with E-state index in [1.165, 1.54) is 12.0 Å². The van der Waals surface area contributed by atoms with E-state index in [0.717, 1.165) is 18.7 Å². The molecule has 0 saturated heterocycles. The predicted molar refractivity (Wildman–Crippen MR) is 81.9 cm³/mol. The maximum absolute atomic E-state index is 6.10. The van der Waals surface area contributed by atoms with Crippen molar-refractivity contribution in [1.82, 2.24) is 10.1 Å². The second kappa shape index (κ2) is 5.60. The highest BCUT2D eigenvalue weighted by Gasteiger charge is 2.44. The highest BCUT2D eigenvalue weighted by atomic mass is 16.5. The molecular weight excluding hydrogens is 262 g/mol. The first-order valence-electron chi connectivity index (χ1n) is 7.76. The molecule has 4 heteroatoms. The molecule has 1 unspecified atom stereocenters. The number of hydrogen-bond acceptors (Lipinski definition) is 4. The molecule has 1 fully saturated rings. The maximum Gasteiger partial charge on any atom is 0.228 e. The van der Waals surface area contributed by atoms with Gasteiger partial charge in [-0.2, -0.15) is 4.98 Å². The van der Waals surface area contributed by atoms with E-state index < -0.39 is 0 Å². The van der Waals surface area contributed by atoms with Crippen LogP contribution in [-0.2, 0) is 11.8 Å². The summed E-state index contributed by atoms with van der Waals surface area (Å²) >= 11 is 0. The van der Waals surface area contributed by atoms with Gasteiger partial charge < -0.3 is 10.3 Å². The Kier molecular flexibility index (Phi) is 3.81. The average molecular weight is 285 g/mol. The molecule has 4 nitrogen and oxygen atoms in total. The Morgan fingerprint density at radius 3 is 2.52 bits per heavy atom. The minimum atomic E-state index is -0.0507. The highest BCUT2D eigenvalue weighted by Crippen LogP contribution is 2.47. The minimum Gasteiger partial charge on any atom is -0.339 e. The predicted octanol–water partition coefficient (Wildman–Crippen LogP) is 3.07. The van der Waals surface area contributed by atoms with Gasteiger partial charge in [-0.1, -0.05) is 55.8 Å². The molecule has 0 aliphatic heterocycles. The highest BCUT2D eigenvalue weighted by molar-refractivity contribution is 5.35. The molecule has 3 rings (SSSR count). The normalized spacial score (nSPS) is 18.5. The van der Waals surface area contributed by atoms with E-state index >= 15 is 0 Å². The fourth-order valence-electron chi connectivity index (χ4n) is 2.90. The molecule has 0 spiro atoms. The largest absolute Gasteiger partial charge is 0.339 e. The molecule has 2 aromatic rings. The first kappa shape index (κ1) is 14.3. The van der Waals surface area contributed by atoms with Crippen LogP contribution in [0.2, 0.25) is 0 Å². The summed E-state index contributed by atoms with van der Waals surface area (Å²) in [6.07, 6.45) is 4.04. The molecule has 1 saturated carbocycles. The van der Waals surface area contributed by atoms with Crippen LogP contribution in [-0.4, -0.2) is 16.2 Å². The summed E-state index contributed by atoms with van der Waals surface area (Å²) in [7, 11) is 0. The molecule has 21 heavy (non-hydrogen) atoms. The Bertz CT molecular complexity index is 587. The van der Waals surface area contributed by atoms with Crippen LogP contribution in [0.15, 0.2) is 34.9 Å². The van der Waals surface area contributed by atoms with E-state index in [0.29, 0.717) is 18.2 Å². The number of nitrogens with two attached hydrogens (primary N) is 1. The molecule has 1 atom stereocenters. The van der Waals surface area contributed by atoms with Crippen LogP contribution in [0.1, 0.15) is 50.4 Å². The Labute approximate surface area is 125 Å². The Balaban J connectivity index is 1.85. The summed E-state index contributed by atoms with van der Waals surface area (Å²) in [5.74, 6) is 1.89. The van der Waals surface area contributed by atoms with Crippen LogP contribution < -0.4 is 5.73 Å². The van der Waals surface area contributed by atoms with Crippen molar-refractivity contribution >= 4 is 0 Å². The quantitative estimate of drug-likeness (QED) is 0.917. The third kappa shape index (κ3) is 2.60. The van der Waals surface area contributed by atoms with Crippen molar-refractivity contribution in [3.05, 3.63) is 47.6 Å². The Hall–Kier alpha value is -1.68. The molecule has 2 N–H and O–H groups in total. The second-order valence-electron chi connectivity index (χ2n) is 6.43. The van der Waals surface area contributed by atoms with Crippen molar-refractivity contribution in [3.63, 3.8) is 0 Å². The van der Waals surface area contributed by atoms with Crippen molar-refractivity contribution in [2.24, 2.45) is 11.7 Å². The number of rotatable bonds is 5. The van der Waals surface area contributed by atoms with E-state index in [-0.39, 0.29) is 11.5 Å². The van der Waals surface area contributed by atoms with Crippen molar-refractivity contribution in [1.29, 1.82) is 0 Å². The third-order valence-corrected chi connectivity index (χ3v) is 4.70. The Morgan fingerprint density at radius 1 is 1.24 bits per heavy atom. The SMILES string of the molecule is CC(C)C(N)Cc1nc(C2(c3ccccc3)CCC2)no1. The fraction of sp³-hybridized carbons (Fsp3) is 0.529. The molecular formula is C17H23N3O. The van der Waals surface area contributed by atoms with E-state index in [4.69, 9.17) is 10.3 Å². The maximum atomic E-state index is 6.10. The van der Waals surface area contributed by atoms with Gasteiger partial charge in [0.25, 0.3) is 0 Å². The van der Waals surface area contributed by atoms with Crippen LogP contribution in [0.5, 0.6) is 0 Å². The summed E-state index contributed by atoms with van der Waals surface area (Å²) in [5.41, 5.74) is 7.33. The lowest BCUT2D eigenvalue weighted by Gasteiger charge is -2.39. The van der Waals surface area contributed by atoms with E-state index in [9.17, 15) is 0 Å². The average Bonchev–Trinajstić information content (AvgIpc) is 2.87. The van der Waals surface area contributed by atoms with Crippen molar-refractivity contribution in [2.75, 3.05) is 0 Å². The number of aromatic nitrogens is 2. The monoisotopic (exact) mass is 285 g/mol. The zero-order valence-corrected chi connectivity index (χ0v) is 12.7. The standard InChI is InChI=1S/C17H23N3O/c1-12(2)14(18)11-15-19-16(20-21-15)17(9-6-10-17)13-7-4-3-5-8-13/h3-5,7-8,12,14H,6,9-11,18H2,1-2H3. The number of hydrogen-bond donors (Lipinski definition) is 1. The van der Waals surface area contributed by atoms with Gasteiger partial charge >= 0.3 is 0 Å². The molecule has 112 valence electrons. The van der Waals surface area contributed by atoms with Crippen molar-refractivity contribution in [2.45, 2.75) is 51.0 Å². The molecule has 0 amide bonds. The topological polar surface area (TPSA) is 64.9 Å². The minimum absolute atomic E-state index is 0.0507. The van der Waals surface area contributed by atoms with Crippen LogP contribution in [0, 0.1) is 5.92 Å². The summed E-state index contributed by atoms with van der Waals surface area (Å²) in [6, 6.07) is 10.6. The third-order valence-electron chi connectivity index (χ3n) is 4.70. The van der Waals surface area contributed by atoms with Crippen molar-refractivity contribution in [3.8, 4) is 0 Å². The molecule has 1 heterocycles. The van der Waals surface area contributed by atoms with Gasteiger partial charge in [0, 0.05) is 12.5 Å². The van der Waals surface area contributed by atoms with Gasteiger partial charge in [-0.15, -0.1) is 0 Å². The fourth-order valence-corrected chi connectivity index (χ4v) is 2.90. The van der Waals surface area contributed by atoms with Crippen LogP contribution in [0.4, 0.5) is 0 Å². The van der Waals surface area contributed by atoms with Gasteiger partial charge in [0.15, 0.2) is 5.82 Å². The zero-order chi connectivity index (χ0) is 14.9. The van der Waals surface area contributed by atoms with Gasteiger partial charge in [-0.05, 0) is 24.3 Å². The summed E-state index contributed by atoms with van der Waals surface area (Å²) in [4.78, 5) is 4.65. The van der Waals surface area contributed by atoms with Gasteiger partial charge in [0.2, 0.25) is 5.89 Å². The molecule has 0 radical (unpaired) electrons. The number of benzene rings is 1. The van der Waals surface area contributed by atoms with Crippen LogP contribution in [0.3, 0.4) is 0 Å². The number of nitrogens with zero attached hydrogens (tertiary/aromatic N) is 2. The van der Waals surface area contributed by atoms with E-state index in [1.54, 1.807) is 0 Å². The molecule has 1 aliphatic rings. The second-order valence-corrected chi connectivity index (χ2v) is 6.43. The molecule has 1 aromatic heterocycles. The summed E-state index contributed by atoms with van der Waals surface area (Å²) in [6.45, 7) is 4.22. The van der Waals surface area contributed by atoms with Crippen molar-refractivity contribution < 1.29 is 4.52 Å². The first-order chi connectivity index (χ1) is 10.1. The summed E-state index contributed by atoms with van der Waals surface area (Å²) in [5, 5.41) is 4.26. The Morgan fingerprint density at radius 2 is 1.95 bits per heavy atom. The van der Waals surface area contributed by atoms with Gasteiger partial charge in [0.05, 0.1) is 5.41 Å². The molecule has 1 aromatic carbocycles. The summed E-state index contributed by atoms with van der Waals surface area (Å²) < 4.78 is 5.45. The van der Waals surface area contributed by atoms with E-state index in [1.807, 2.05) is 6.07 Å². The lowest BCUT2D eigenvalue weighted by atomic mass is 9.64. The molecule has 1 aliphatic carbocycles. The van der Waals surface area contributed by atoms with Crippen LogP contribution in [0.25, 0.3) is 0 Å². The zero-order valence-electron chi connectivity index (χ0n) is 12.7.